The molecule has 0 aliphatic carbocycles. The number of methoxy groups -OCH3 is 2. The highest BCUT2D eigenvalue weighted by Crippen LogP contribution is 2.27. The summed E-state index contributed by atoms with van der Waals surface area (Å²) in [5.41, 5.74) is 4.91. The van der Waals surface area contributed by atoms with Gasteiger partial charge in [-0.3, -0.25) is 14.5 Å². The van der Waals surface area contributed by atoms with E-state index in [1.54, 1.807) is 4.90 Å². The van der Waals surface area contributed by atoms with Gasteiger partial charge in [0.2, 0.25) is 5.91 Å². The zero-order valence-electron chi connectivity index (χ0n) is 32.8. The molecule has 3 saturated heterocycles. The number of phenols is 1. The van der Waals surface area contributed by atoms with Crippen molar-refractivity contribution in [1.29, 1.82) is 0 Å². The minimum Gasteiger partial charge on any atom is -0.507 e. The Morgan fingerprint density at radius 1 is 0.833 bits per heavy atom. The lowest BCUT2D eigenvalue weighted by atomic mass is 9.96. The number of anilines is 1. The molecule has 13 nitrogen and oxygen atoms in total. The minimum absolute atomic E-state index is 0.0403. The van der Waals surface area contributed by atoms with Crippen LogP contribution in [0.2, 0.25) is 0 Å². The van der Waals surface area contributed by atoms with Crippen LogP contribution in [0.4, 0.5) is 15.3 Å². The quantitative estimate of drug-likeness (QED) is 0.370. The molecule has 0 unspecified atom stereocenters. The highest BCUT2D eigenvalue weighted by Gasteiger charge is 2.32. The largest absolute Gasteiger partial charge is 0.507 e. The fourth-order valence-corrected chi connectivity index (χ4v) is 8.31. The molecule has 3 fully saturated rings. The van der Waals surface area contributed by atoms with Crippen molar-refractivity contribution in [3.05, 3.63) is 58.7 Å². The van der Waals surface area contributed by atoms with Gasteiger partial charge in [0.1, 0.15) is 5.75 Å². The Labute approximate surface area is 320 Å². The molecule has 2 aromatic carbocycles. The smallest absolute Gasteiger partial charge is 0.409 e. The number of benzene rings is 2. The third kappa shape index (κ3) is 10.7. The Hall–Kier alpha value is -4.36. The van der Waals surface area contributed by atoms with E-state index in [-0.39, 0.29) is 36.0 Å². The second kappa shape index (κ2) is 19.3. The molecule has 2 N–H and O–H groups in total. The Kier molecular flexibility index (Phi) is 14.6. The van der Waals surface area contributed by atoms with Crippen molar-refractivity contribution in [3.8, 4) is 5.75 Å². The van der Waals surface area contributed by atoms with E-state index in [1.807, 2.05) is 60.9 Å². The van der Waals surface area contributed by atoms with Crippen LogP contribution in [0.15, 0.2) is 36.4 Å². The molecule has 6 rings (SSSR count). The molecule has 13 heteroatoms. The standard InChI is InChI=1S/C25H39N3O4.C16H21N3O3/c1-18-15-21(16-19(2)24(18)30)17-20(3)25(31)28-13-11-27(12-14-28)22-5-8-26(9-6-22)10-7-23(29)32-4;1-22-16(21)18-9-7-13(8-10-18)19-11-6-12-4-2-3-5-14(12)17-15(19)20/h15-16,20,22,30H,5-14,17H2,1-4H3;2-5,13H,6-11H2,1H3,(H,17,20)/t20-;/m1./s1. The number of hydrogen-bond acceptors (Lipinski definition) is 9. The van der Waals surface area contributed by atoms with Gasteiger partial charge in [0.05, 0.1) is 20.6 Å². The van der Waals surface area contributed by atoms with Crippen molar-refractivity contribution in [2.45, 2.75) is 77.8 Å². The summed E-state index contributed by atoms with van der Waals surface area (Å²) in [6.07, 6.45) is 5.54. The molecule has 0 radical (unpaired) electrons. The summed E-state index contributed by atoms with van der Waals surface area (Å²) in [5.74, 6) is 0.365. The maximum absolute atomic E-state index is 13.0. The van der Waals surface area contributed by atoms with E-state index in [0.29, 0.717) is 44.3 Å². The van der Waals surface area contributed by atoms with Crippen LogP contribution in [-0.2, 0) is 31.9 Å². The molecular weight excluding hydrogens is 688 g/mol. The van der Waals surface area contributed by atoms with Crippen LogP contribution in [-0.4, -0.2) is 145 Å². The summed E-state index contributed by atoms with van der Waals surface area (Å²) in [6, 6.07) is 12.6. The number of rotatable bonds is 8. The van der Waals surface area contributed by atoms with E-state index in [4.69, 9.17) is 9.47 Å². The predicted molar refractivity (Wildman–Crippen MR) is 208 cm³/mol. The Bertz CT molecular complexity index is 1570. The number of ether oxygens (including phenoxy) is 2. The van der Waals surface area contributed by atoms with Crippen LogP contribution in [0, 0.1) is 19.8 Å². The lowest BCUT2D eigenvalue weighted by Gasteiger charge is -2.43. The van der Waals surface area contributed by atoms with Crippen molar-refractivity contribution in [2.24, 2.45) is 5.92 Å². The van der Waals surface area contributed by atoms with Gasteiger partial charge in [-0.05, 0) is 93.8 Å². The molecule has 0 spiro atoms. The lowest BCUT2D eigenvalue weighted by Crippen LogP contribution is -2.55. The summed E-state index contributed by atoms with van der Waals surface area (Å²) in [6.45, 7) is 14.1. The number of aryl methyl sites for hydroxylation is 2. The number of nitrogens with zero attached hydrogens (tertiary/aromatic N) is 5. The molecule has 296 valence electrons. The lowest BCUT2D eigenvalue weighted by molar-refractivity contribution is -0.141. The molecule has 4 aliphatic rings. The molecule has 1 atom stereocenters. The van der Waals surface area contributed by atoms with Gasteiger partial charge in [0, 0.05) is 76.0 Å². The molecule has 4 aliphatic heterocycles. The van der Waals surface area contributed by atoms with Crippen molar-refractivity contribution in [3.63, 3.8) is 0 Å². The molecule has 2 aromatic rings. The Balaban J connectivity index is 0.000000222. The number of likely N-dealkylation sites (tertiary alicyclic amines) is 2. The summed E-state index contributed by atoms with van der Waals surface area (Å²) < 4.78 is 9.48. The Morgan fingerprint density at radius 3 is 2.09 bits per heavy atom. The normalized spacial score (nSPS) is 19.5. The number of fused-ring (bicyclic) bond motifs is 1. The predicted octanol–water partition coefficient (Wildman–Crippen LogP) is 4.67. The first-order valence-electron chi connectivity index (χ1n) is 19.6. The second-order valence-electron chi connectivity index (χ2n) is 15.2. The first-order chi connectivity index (χ1) is 26.0. The molecular formula is C41H60N6O7. The molecule has 54 heavy (non-hydrogen) atoms. The van der Waals surface area contributed by atoms with Crippen LogP contribution < -0.4 is 5.32 Å². The fraction of sp³-hybridized carbons (Fsp3) is 0.610. The number of hydrogen-bond donors (Lipinski definition) is 2. The van der Waals surface area contributed by atoms with Crippen molar-refractivity contribution in [1.82, 2.24) is 24.5 Å². The number of para-hydroxylation sites is 1. The number of amides is 4. The van der Waals surface area contributed by atoms with Crippen molar-refractivity contribution in [2.75, 3.05) is 85.0 Å². The molecule has 4 heterocycles. The van der Waals surface area contributed by atoms with Gasteiger partial charge in [-0.1, -0.05) is 37.3 Å². The third-order valence-electron chi connectivity index (χ3n) is 11.6. The molecule has 4 amide bonds. The molecule has 0 saturated carbocycles. The number of urea groups is 1. The van der Waals surface area contributed by atoms with Crippen LogP contribution in [0.3, 0.4) is 0 Å². The number of piperidine rings is 2. The van der Waals surface area contributed by atoms with E-state index in [0.717, 1.165) is 100 Å². The Morgan fingerprint density at radius 2 is 1.46 bits per heavy atom. The van der Waals surface area contributed by atoms with Crippen LogP contribution >= 0.6 is 0 Å². The van der Waals surface area contributed by atoms with E-state index >= 15 is 0 Å². The number of carbonyl (C=O) groups is 4. The number of esters is 1. The van der Waals surface area contributed by atoms with Crippen LogP contribution in [0.25, 0.3) is 0 Å². The highest BCUT2D eigenvalue weighted by atomic mass is 16.5. The topological polar surface area (TPSA) is 135 Å². The fourth-order valence-electron chi connectivity index (χ4n) is 8.31. The minimum atomic E-state index is -0.286. The van der Waals surface area contributed by atoms with Gasteiger partial charge >= 0.3 is 18.1 Å². The highest BCUT2D eigenvalue weighted by molar-refractivity contribution is 5.91. The summed E-state index contributed by atoms with van der Waals surface area (Å²) >= 11 is 0. The monoisotopic (exact) mass is 748 g/mol. The van der Waals surface area contributed by atoms with Crippen molar-refractivity contribution < 1.29 is 33.8 Å². The zero-order valence-corrected chi connectivity index (χ0v) is 32.8. The number of nitrogens with one attached hydrogen (secondary N) is 1. The maximum atomic E-state index is 13.0. The number of phenolic OH excluding ortho intramolecular Hbond substituents is 1. The average molecular weight is 749 g/mol. The summed E-state index contributed by atoms with van der Waals surface area (Å²) in [5, 5.41) is 13.0. The number of carbonyl (C=O) groups excluding carboxylic acids is 4. The SMILES string of the molecule is COC(=O)CCN1CCC(N2CCN(C(=O)[C@H](C)Cc3cc(C)c(O)c(C)c3)CC2)CC1.COC(=O)N1CCC(N2CCc3ccccc3NC2=O)CC1. The van der Waals surface area contributed by atoms with Gasteiger partial charge < -0.3 is 39.5 Å². The average Bonchev–Trinajstić information content (AvgIpc) is 3.36. The van der Waals surface area contributed by atoms with Gasteiger partial charge in [-0.15, -0.1) is 0 Å². The number of aromatic hydroxyl groups is 1. The first-order valence-corrected chi connectivity index (χ1v) is 19.6. The van der Waals surface area contributed by atoms with E-state index in [1.165, 1.54) is 19.8 Å². The van der Waals surface area contributed by atoms with Crippen molar-refractivity contribution >= 4 is 29.7 Å². The van der Waals surface area contributed by atoms with Crippen LogP contribution in [0.5, 0.6) is 5.75 Å². The van der Waals surface area contributed by atoms with E-state index < -0.39 is 0 Å². The van der Waals surface area contributed by atoms with Gasteiger partial charge in [0.25, 0.3) is 0 Å². The second-order valence-corrected chi connectivity index (χ2v) is 15.2. The summed E-state index contributed by atoms with van der Waals surface area (Å²) in [7, 11) is 2.84. The zero-order chi connectivity index (χ0) is 38.8. The van der Waals surface area contributed by atoms with Gasteiger partial charge in [0.15, 0.2) is 0 Å². The third-order valence-corrected chi connectivity index (χ3v) is 11.6. The van der Waals surface area contributed by atoms with Crippen LogP contribution in [0.1, 0.15) is 61.3 Å². The first kappa shape index (κ1) is 40.8. The summed E-state index contributed by atoms with van der Waals surface area (Å²) in [4.78, 5) is 58.9. The maximum Gasteiger partial charge on any atom is 0.409 e. The van der Waals surface area contributed by atoms with E-state index in [9.17, 15) is 24.3 Å². The number of piperazine rings is 1. The van der Waals surface area contributed by atoms with Gasteiger partial charge in [-0.25, -0.2) is 9.59 Å². The van der Waals surface area contributed by atoms with Gasteiger partial charge in [-0.2, -0.15) is 0 Å². The molecule has 0 aromatic heterocycles. The van der Waals surface area contributed by atoms with E-state index in [2.05, 4.69) is 21.2 Å². The molecule has 0 bridgehead atoms.